The van der Waals surface area contributed by atoms with Gasteiger partial charge in [0.2, 0.25) is 0 Å². The summed E-state index contributed by atoms with van der Waals surface area (Å²) in [5.74, 6) is 0.350. The number of allylic oxidation sites excluding steroid dienone is 1. The molecule has 1 aliphatic rings. The zero-order valence-electron chi connectivity index (χ0n) is 16.8. The minimum absolute atomic E-state index is 0.0309. The van der Waals surface area contributed by atoms with Crippen molar-refractivity contribution < 1.29 is 9.78 Å². The van der Waals surface area contributed by atoms with Gasteiger partial charge in [-0.2, -0.15) is 4.57 Å². The van der Waals surface area contributed by atoms with Crippen LogP contribution in [0, 0.1) is 0 Å². The van der Waals surface area contributed by atoms with Crippen molar-refractivity contribution in [2.75, 3.05) is 5.75 Å². The molecule has 2 aromatic heterocycles. The molecule has 1 N–H and O–H groups in total. The van der Waals surface area contributed by atoms with Gasteiger partial charge >= 0.3 is 10.7 Å². The van der Waals surface area contributed by atoms with Crippen LogP contribution in [0.3, 0.4) is 0 Å². The largest absolute Gasteiger partial charge is 0.347 e. The van der Waals surface area contributed by atoms with E-state index in [1.54, 1.807) is 15.9 Å². The van der Waals surface area contributed by atoms with Gasteiger partial charge in [0, 0.05) is 10.4 Å². The number of aromatic amines is 1. The van der Waals surface area contributed by atoms with Gasteiger partial charge in [-0.25, -0.2) is 9.78 Å². The predicted molar refractivity (Wildman–Crippen MR) is 120 cm³/mol. The molecule has 29 heavy (non-hydrogen) atoms. The Balaban J connectivity index is 1.65. The average Bonchev–Trinajstić information content (AvgIpc) is 3.29. The molecule has 0 fully saturated rings. The topological polar surface area (TPSA) is 53.2 Å². The van der Waals surface area contributed by atoms with Crippen LogP contribution in [0.15, 0.2) is 46.4 Å². The van der Waals surface area contributed by atoms with E-state index in [4.69, 9.17) is 0 Å². The van der Waals surface area contributed by atoms with E-state index in [-0.39, 0.29) is 17.1 Å². The summed E-state index contributed by atoms with van der Waals surface area (Å²) in [5.41, 5.74) is 4.08. The summed E-state index contributed by atoms with van der Waals surface area (Å²) in [7, 11) is 0. The van der Waals surface area contributed by atoms with Gasteiger partial charge in [-0.1, -0.05) is 49.1 Å². The van der Waals surface area contributed by atoms with Gasteiger partial charge in [0.15, 0.2) is 10.6 Å². The van der Waals surface area contributed by atoms with Crippen LogP contribution >= 0.6 is 23.1 Å². The van der Waals surface area contributed by atoms with E-state index in [0.29, 0.717) is 12.1 Å². The van der Waals surface area contributed by atoms with Crippen LogP contribution in [-0.4, -0.2) is 16.1 Å². The van der Waals surface area contributed by atoms with Gasteiger partial charge in [0.25, 0.3) is 0 Å². The molecule has 4 nitrogen and oxygen atoms in total. The molecule has 0 radical (unpaired) electrons. The standard InChI is InChI=1S/C23H24N2O2S2/c1-4-15-8-10-16(11-9-15)18(26)13-28-23-24-21-20(17-6-5-7-19(17)29-21)22(27)25(23)12-14(2)3/h8-11H,2,4-7,12-13H2,1,3H3/p+1. The lowest BCUT2D eigenvalue weighted by atomic mass is 10.1. The van der Waals surface area contributed by atoms with E-state index in [2.05, 4.69) is 18.5 Å². The Morgan fingerprint density at radius 2 is 2.03 bits per heavy atom. The number of fused-ring (bicyclic) bond motifs is 3. The van der Waals surface area contributed by atoms with E-state index in [1.807, 2.05) is 31.2 Å². The summed E-state index contributed by atoms with van der Waals surface area (Å²) in [6, 6.07) is 7.78. The SMILES string of the molecule is C=C(C)Cn1c(SCC(=O)c2ccc(CC)cc2)[nH+]c2sc3c(c2c1=O)CCC3. The highest BCUT2D eigenvalue weighted by molar-refractivity contribution is 7.99. The van der Waals surface area contributed by atoms with Crippen molar-refractivity contribution in [3.63, 3.8) is 0 Å². The number of Topliss-reactive ketones (excluding diaryl/α,β-unsaturated/α-hetero) is 1. The second-order valence-corrected chi connectivity index (χ2v) is 9.67. The minimum Gasteiger partial charge on any atom is -0.293 e. The number of benzene rings is 1. The first-order chi connectivity index (χ1) is 14.0. The van der Waals surface area contributed by atoms with Gasteiger partial charge in [-0.15, -0.1) is 0 Å². The number of hydrogen-bond donors (Lipinski definition) is 0. The molecular weight excluding hydrogens is 400 g/mol. The summed E-state index contributed by atoms with van der Waals surface area (Å²) >= 11 is 3.08. The molecule has 4 rings (SSSR count). The lowest BCUT2D eigenvalue weighted by Crippen LogP contribution is -2.30. The summed E-state index contributed by atoms with van der Waals surface area (Å²) in [5, 5.41) is 1.55. The maximum Gasteiger partial charge on any atom is 0.347 e. The van der Waals surface area contributed by atoms with Gasteiger partial charge in [-0.05, 0) is 61.1 Å². The Kier molecular flexibility index (Phi) is 5.74. The first kappa shape index (κ1) is 20.1. The van der Waals surface area contributed by atoms with Crippen molar-refractivity contribution >= 4 is 39.1 Å². The number of nitrogens with zero attached hydrogens (tertiary/aromatic N) is 1. The quantitative estimate of drug-likeness (QED) is 0.243. The van der Waals surface area contributed by atoms with Gasteiger partial charge in [-0.3, -0.25) is 4.79 Å². The molecular formula is C23H25N2O2S2+. The molecule has 0 unspecified atom stereocenters. The number of aromatic nitrogens is 2. The van der Waals surface area contributed by atoms with Crippen LogP contribution in [0.2, 0.25) is 0 Å². The molecule has 0 amide bonds. The molecule has 0 atom stereocenters. The molecule has 1 aliphatic carbocycles. The number of ketones is 1. The lowest BCUT2D eigenvalue weighted by Gasteiger charge is -2.06. The highest BCUT2D eigenvalue weighted by Gasteiger charge is 2.27. The second kappa shape index (κ2) is 8.28. The fourth-order valence-electron chi connectivity index (χ4n) is 3.78. The number of aryl methyl sites for hydroxylation is 3. The molecule has 2 heterocycles. The lowest BCUT2D eigenvalue weighted by molar-refractivity contribution is -0.404. The van der Waals surface area contributed by atoms with Gasteiger partial charge in [0.05, 0.1) is 5.75 Å². The van der Waals surface area contributed by atoms with Crippen LogP contribution in [0.1, 0.15) is 46.6 Å². The molecule has 3 aromatic rings. The molecule has 0 aliphatic heterocycles. The Morgan fingerprint density at radius 3 is 2.72 bits per heavy atom. The van der Waals surface area contributed by atoms with Crippen molar-refractivity contribution in [2.45, 2.75) is 51.2 Å². The van der Waals surface area contributed by atoms with Crippen molar-refractivity contribution in [3.8, 4) is 0 Å². The Hall–Kier alpha value is -2.18. The number of nitrogens with one attached hydrogen (secondary N) is 1. The van der Waals surface area contributed by atoms with Crippen LogP contribution in [0.5, 0.6) is 0 Å². The molecule has 6 heteroatoms. The number of carbonyl (C=O) groups is 1. The second-order valence-electron chi connectivity index (χ2n) is 7.60. The first-order valence-corrected chi connectivity index (χ1v) is 11.8. The first-order valence-electron chi connectivity index (χ1n) is 9.97. The van der Waals surface area contributed by atoms with Gasteiger partial charge in [0.1, 0.15) is 11.9 Å². The van der Waals surface area contributed by atoms with E-state index in [9.17, 15) is 9.59 Å². The number of thiophene rings is 1. The third-order valence-electron chi connectivity index (χ3n) is 5.30. The molecule has 0 bridgehead atoms. The fourth-order valence-corrected chi connectivity index (χ4v) is 6.04. The third-order valence-corrected chi connectivity index (χ3v) is 7.51. The van der Waals surface area contributed by atoms with Crippen LogP contribution < -0.4 is 10.5 Å². The molecule has 1 aromatic carbocycles. The number of carbonyl (C=O) groups excluding carboxylic acids is 1. The normalized spacial score (nSPS) is 13.0. The number of hydrogen-bond acceptors (Lipinski definition) is 4. The smallest absolute Gasteiger partial charge is 0.293 e. The summed E-state index contributed by atoms with van der Waals surface area (Å²) in [6.07, 6.45) is 4.11. The Labute approximate surface area is 178 Å². The summed E-state index contributed by atoms with van der Waals surface area (Å²) < 4.78 is 1.74. The minimum atomic E-state index is 0.0309. The molecule has 0 spiro atoms. The third kappa shape index (κ3) is 3.96. The monoisotopic (exact) mass is 425 g/mol. The van der Waals surface area contributed by atoms with Crippen LogP contribution in [-0.2, 0) is 25.8 Å². The van der Waals surface area contributed by atoms with Crippen molar-refractivity contribution in [1.29, 1.82) is 0 Å². The van der Waals surface area contributed by atoms with Crippen LogP contribution in [0.25, 0.3) is 10.2 Å². The van der Waals surface area contributed by atoms with E-state index in [0.717, 1.165) is 46.6 Å². The summed E-state index contributed by atoms with van der Waals surface area (Å²) in [4.78, 5) is 31.7. The van der Waals surface area contributed by atoms with E-state index >= 15 is 0 Å². The molecule has 0 saturated carbocycles. The summed E-state index contributed by atoms with van der Waals surface area (Å²) in [6.45, 7) is 8.46. The zero-order chi connectivity index (χ0) is 20.5. The highest BCUT2D eigenvalue weighted by atomic mass is 32.2. The van der Waals surface area contributed by atoms with Crippen molar-refractivity contribution in [1.82, 2.24) is 4.57 Å². The predicted octanol–water partition coefficient (Wildman–Crippen LogP) is 4.48. The Morgan fingerprint density at radius 1 is 1.28 bits per heavy atom. The van der Waals surface area contributed by atoms with Gasteiger partial charge < -0.3 is 0 Å². The maximum atomic E-state index is 13.3. The van der Waals surface area contributed by atoms with E-state index in [1.165, 1.54) is 27.8 Å². The van der Waals surface area contributed by atoms with Crippen molar-refractivity contribution in [3.05, 3.63) is 68.3 Å². The average molecular weight is 426 g/mol. The number of thioether (sulfide) groups is 1. The number of H-pyrrole nitrogens is 1. The Bertz CT molecular complexity index is 1160. The fraction of sp³-hybridized carbons (Fsp3) is 0.348. The number of rotatable bonds is 7. The van der Waals surface area contributed by atoms with Crippen molar-refractivity contribution in [2.24, 2.45) is 0 Å². The zero-order valence-corrected chi connectivity index (χ0v) is 18.5. The highest BCUT2D eigenvalue weighted by Crippen LogP contribution is 2.34. The molecule has 150 valence electrons. The maximum absolute atomic E-state index is 13.3. The molecule has 0 saturated heterocycles. The van der Waals surface area contributed by atoms with E-state index < -0.39 is 0 Å². The van der Waals surface area contributed by atoms with Crippen LogP contribution in [0.4, 0.5) is 0 Å².